The van der Waals surface area contributed by atoms with Gasteiger partial charge in [0.25, 0.3) is 5.91 Å². The van der Waals surface area contributed by atoms with Crippen molar-refractivity contribution >= 4 is 23.6 Å². The number of unbranched alkanes of at least 4 members (excludes halogenated alkanes) is 3. The highest BCUT2D eigenvalue weighted by atomic mass is 32.2. The van der Waals surface area contributed by atoms with Crippen molar-refractivity contribution in [3.8, 4) is 0 Å². The van der Waals surface area contributed by atoms with Gasteiger partial charge in [-0.15, -0.1) is 11.8 Å². The summed E-state index contributed by atoms with van der Waals surface area (Å²) in [4.78, 5) is 30.3. The SMILES string of the molecule is CCCCCCc1ccc(C(=O)N2CCC3(CC2)SCCN3C(=O)CCC2CCCC2)cc1. The molecule has 5 heteroatoms. The lowest BCUT2D eigenvalue weighted by Crippen LogP contribution is -2.53. The molecule has 4 rings (SSSR count). The molecule has 1 saturated carbocycles. The Morgan fingerprint density at radius 3 is 2.42 bits per heavy atom. The molecular formula is C28H42N2O2S. The maximum Gasteiger partial charge on any atom is 0.253 e. The number of rotatable bonds is 9. The fraction of sp³-hybridized carbons (Fsp3) is 0.714. The van der Waals surface area contributed by atoms with Gasteiger partial charge in [-0.2, -0.15) is 0 Å². The van der Waals surface area contributed by atoms with Crippen LogP contribution >= 0.6 is 11.8 Å². The second-order valence-electron chi connectivity index (χ2n) is 10.3. The van der Waals surface area contributed by atoms with Gasteiger partial charge >= 0.3 is 0 Å². The smallest absolute Gasteiger partial charge is 0.253 e. The molecular weight excluding hydrogens is 428 g/mol. The molecule has 0 radical (unpaired) electrons. The van der Waals surface area contributed by atoms with Gasteiger partial charge < -0.3 is 9.80 Å². The summed E-state index contributed by atoms with van der Waals surface area (Å²) < 4.78 is 0. The predicted molar refractivity (Wildman–Crippen MR) is 138 cm³/mol. The highest BCUT2D eigenvalue weighted by Crippen LogP contribution is 2.44. The monoisotopic (exact) mass is 470 g/mol. The van der Waals surface area contributed by atoms with E-state index < -0.39 is 0 Å². The Kier molecular flexibility index (Phi) is 8.78. The maximum absolute atomic E-state index is 13.1. The van der Waals surface area contributed by atoms with Gasteiger partial charge in [0.05, 0.1) is 4.87 Å². The number of carbonyl (C=O) groups is 2. The van der Waals surface area contributed by atoms with Crippen LogP contribution in [-0.4, -0.2) is 51.9 Å². The van der Waals surface area contributed by atoms with E-state index in [1.54, 1.807) is 0 Å². The summed E-state index contributed by atoms with van der Waals surface area (Å²) in [5.74, 6) is 2.29. The fourth-order valence-corrected chi connectivity index (χ4v) is 7.42. The fourth-order valence-electron chi connectivity index (χ4n) is 5.95. The Bertz CT molecular complexity index is 780. The zero-order chi connectivity index (χ0) is 23.1. The van der Waals surface area contributed by atoms with Crippen LogP contribution in [0, 0.1) is 5.92 Å². The molecule has 1 aromatic rings. The summed E-state index contributed by atoms with van der Waals surface area (Å²) in [5.41, 5.74) is 2.13. The lowest BCUT2D eigenvalue weighted by Gasteiger charge is -2.44. The van der Waals surface area contributed by atoms with E-state index in [1.807, 2.05) is 28.8 Å². The van der Waals surface area contributed by atoms with Gasteiger partial charge in [-0.25, -0.2) is 0 Å². The number of piperidine rings is 1. The molecule has 1 aromatic carbocycles. The zero-order valence-electron chi connectivity index (χ0n) is 20.5. The number of thioether (sulfide) groups is 1. The minimum Gasteiger partial charge on any atom is -0.338 e. The van der Waals surface area contributed by atoms with Gasteiger partial charge in [0, 0.05) is 37.4 Å². The minimum atomic E-state index is -0.0775. The molecule has 33 heavy (non-hydrogen) atoms. The molecule has 1 spiro atoms. The van der Waals surface area contributed by atoms with E-state index in [1.165, 1.54) is 56.9 Å². The van der Waals surface area contributed by atoms with Crippen molar-refractivity contribution < 1.29 is 9.59 Å². The normalized spacial score (nSPS) is 20.6. The van der Waals surface area contributed by atoms with Crippen molar-refractivity contribution in [2.45, 2.75) is 95.3 Å². The molecule has 1 aliphatic carbocycles. The van der Waals surface area contributed by atoms with Crippen LogP contribution in [0.5, 0.6) is 0 Å². The topological polar surface area (TPSA) is 40.6 Å². The maximum atomic E-state index is 13.1. The molecule has 0 bridgehead atoms. The first kappa shape index (κ1) is 24.6. The van der Waals surface area contributed by atoms with Crippen molar-refractivity contribution in [3.05, 3.63) is 35.4 Å². The van der Waals surface area contributed by atoms with Crippen molar-refractivity contribution in [1.82, 2.24) is 9.80 Å². The third-order valence-corrected chi connectivity index (χ3v) is 9.62. The summed E-state index contributed by atoms with van der Waals surface area (Å²) in [5, 5.41) is 0. The number of amides is 2. The Balaban J connectivity index is 1.27. The Morgan fingerprint density at radius 1 is 1.00 bits per heavy atom. The van der Waals surface area contributed by atoms with E-state index in [2.05, 4.69) is 24.0 Å². The largest absolute Gasteiger partial charge is 0.338 e. The Hall–Kier alpha value is -1.49. The van der Waals surface area contributed by atoms with Gasteiger partial charge in [0.1, 0.15) is 0 Å². The summed E-state index contributed by atoms with van der Waals surface area (Å²) in [6.07, 6.45) is 15.0. The Morgan fingerprint density at radius 2 is 1.73 bits per heavy atom. The number of hydrogen-bond donors (Lipinski definition) is 0. The van der Waals surface area contributed by atoms with E-state index in [9.17, 15) is 9.59 Å². The van der Waals surface area contributed by atoms with Crippen molar-refractivity contribution in [3.63, 3.8) is 0 Å². The van der Waals surface area contributed by atoms with Crippen LogP contribution in [0.15, 0.2) is 24.3 Å². The van der Waals surface area contributed by atoms with Gasteiger partial charge in [-0.05, 0) is 55.7 Å². The minimum absolute atomic E-state index is 0.0775. The molecule has 3 aliphatic rings. The van der Waals surface area contributed by atoms with Crippen molar-refractivity contribution in [1.29, 1.82) is 0 Å². The standard InChI is InChI=1S/C28H42N2O2S/c1-2-3-4-5-8-24-11-14-25(15-12-24)27(32)29-19-17-28(18-20-29)30(21-22-33-28)26(31)16-13-23-9-6-7-10-23/h11-12,14-15,23H,2-10,13,16-22H2,1H3. The molecule has 2 amide bonds. The van der Waals surface area contributed by atoms with Gasteiger partial charge in [-0.1, -0.05) is 64.0 Å². The second kappa shape index (κ2) is 11.8. The molecule has 0 aromatic heterocycles. The van der Waals surface area contributed by atoms with Crippen LogP contribution in [0.4, 0.5) is 0 Å². The van der Waals surface area contributed by atoms with Crippen LogP contribution in [0.25, 0.3) is 0 Å². The molecule has 0 atom stereocenters. The van der Waals surface area contributed by atoms with Crippen LogP contribution in [0.2, 0.25) is 0 Å². The summed E-state index contributed by atoms with van der Waals surface area (Å²) >= 11 is 1.95. The van der Waals surface area contributed by atoms with E-state index >= 15 is 0 Å². The molecule has 2 heterocycles. The average molecular weight is 471 g/mol. The summed E-state index contributed by atoms with van der Waals surface area (Å²) in [6, 6.07) is 8.26. The number of aryl methyl sites for hydroxylation is 1. The number of hydrogen-bond acceptors (Lipinski definition) is 3. The van der Waals surface area contributed by atoms with Gasteiger partial charge in [-0.3, -0.25) is 9.59 Å². The first-order valence-corrected chi connectivity index (χ1v) is 14.4. The highest BCUT2D eigenvalue weighted by Gasteiger charge is 2.46. The zero-order valence-corrected chi connectivity index (χ0v) is 21.3. The molecule has 0 unspecified atom stereocenters. The van der Waals surface area contributed by atoms with Gasteiger partial charge in [0.15, 0.2) is 0 Å². The second-order valence-corrected chi connectivity index (χ2v) is 11.8. The molecule has 182 valence electrons. The van der Waals surface area contributed by atoms with Crippen LogP contribution in [0.1, 0.15) is 99.9 Å². The van der Waals surface area contributed by atoms with Crippen LogP contribution in [0.3, 0.4) is 0 Å². The van der Waals surface area contributed by atoms with Gasteiger partial charge in [0.2, 0.25) is 5.91 Å². The first-order chi connectivity index (χ1) is 16.1. The summed E-state index contributed by atoms with van der Waals surface area (Å²) in [7, 11) is 0. The molecule has 0 N–H and O–H groups in total. The number of nitrogens with zero attached hydrogens (tertiary/aromatic N) is 2. The van der Waals surface area contributed by atoms with E-state index in [0.717, 1.165) is 62.6 Å². The lowest BCUT2D eigenvalue weighted by molar-refractivity contribution is -0.135. The predicted octanol–water partition coefficient (Wildman–Crippen LogP) is 6.29. The van der Waals surface area contributed by atoms with E-state index in [0.29, 0.717) is 12.3 Å². The summed E-state index contributed by atoms with van der Waals surface area (Å²) in [6.45, 7) is 4.61. The third kappa shape index (κ3) is 6.15. The lowest BCUT2D eigenvalue weighted by atomic mass is 9.98. The molecule has 2 saturated heterocycles. The number of carbonyl (C=O) groups excluding carboxylic acids is 2. The van der Waals surface area contributed by atoms with Crippen LogP contribution < -0.4 is 0 Å². The van der Waals surface area contributed by atoms with Crippen molar-refractivity contribution in [2.75, 3.05) is 25.4 Å². The Labute approximate surface area is 204 Å². The number of likely N-dealkylation sites (tertiary alicyclic amines) is 1. The van der Waals surface area contributed by atoms with E-state index in [4.69, 9.17) is 0 Å². The molecule has 4 nitrogen and oxygen atoms in total. The average Bonchev–Trinajstić information content (AvgIpc) is 3.51. The first-order valence-electron chi connectivity index (χ1n) is 13.4. The highest BCUT2D eigenvalue weighted by molar-refractivity contribution is 8.00. The van der Waals surface area contributed by atoms with E-state index in [-0.39, 0.29) is 10.8 Å². The molecule has 3 fully saturated rings. The quantitative estimate of drug-likeness (QED) is 0.398. The third-order valence-electron chi connectivity index (χ3n) is 8.07. The van der Waals surface area contributed by atoms with Crippen molar-refractivity contribution in [2.24, 2.45) is 5.92 Å². The van der Waals surface area contributed by atoms with Crippen LogP contribution in [-0.2, 0) is 11.2 Å². The molecule has 2 aliphatic heterocycles. The number of benzene rings is 1.